The smallest absolute Gasteiger partial charge is 0.148 e. The van der Waals surface area contributed by atoms with Crippen molar-refractivity contribution in [1.82, 2.24) is 4.90 Å². The molecule has 3 heterocycles. The number of ether oxygens (including phenoxy) is 2. The molecule has 0 saturated carbocycles. The van der Waals surface area contributed by atoms with Gasteiger partial charge >= 0.3 is 0 Å². The number of nitrogens with zero attached hydrogens (tertiary/aromatic N) is 3. The fourth-order valence-corrected chi connectivity index (χ4v) is 8.15. The van der Waals surface area contributed by atoms with E-state index >= 15 is 0 Å². The highest BCUT2D eigenvalue weighted by Gasteiger charge is 2.24. The van der Waals surface area contributed by atoms with Crippen LogP contribution < -0.4 is 10.1 Å². The lowest BCUT2D eigenvalue weighted by Gasteiger charge is -2.23. The van der Waals surface area contributed by atoms with E-state index in [0.717, 1.165) is 53.8 Å². The molecule has 2 aliphatic rings. The summed E-state index contributed by atoms with van der Waals surface area (Å²) in [6.45, 7) is 3.26. The number of thiophene rings is 1. The minimum atomic E-state index is -0.677. The normalized spacial score (nSPS) is 17.0. The van der Waals surface area contributed by atoms with Crippen molar-refractivity contribution in [2.24, 2.45) is 6.35 Å². The summed E-state index contributed by atoms with van der Waals surface area (Å²) in [6.07, 6.45) is 3.49. The number of hydrogen-bond donors (Lipinski definition) is 1. The van der Waals surface area contributed by atoms with Crippen molar-refractivity contribution in [3.05, 3.63) is 88.2 Å². The maximum Gasteiger partial charge on any atom is 0.148 e. The zero-order valence-corrected chi connectivity index (χ0v) is 25.7. The topological polar surface area (TPSA) is 58.5 Å². The van der Waals surface area contributed by atoms with Crippen LogP contribution in [0.15, 0.2) is 67.0 Å². The highest BCUT2D eigenvalue weighted by atomic mass is 127. The van der Waals surface area contributed by atoms with Crippen LogP contribution in [-0.2, 0) is 17.8 Å². The van der Waals surface area contributed by atoms with E-state index in [0.29, 0.717) is 16.8 Å². The number of hydrogen-bond acceptors (Lipinski definition) is 7. The highest BCUT2D eigenvalue weighted by molar-refractivity contribution is 14.1. The second-order valence-corrected chi connectivity index (χ2v) is 12.8. The summed E-state index contributed by atoms with van der Waals surface area (Å²) in [7, 11) is 1.79. The summed E-state index contributed by atoms with van der Waals surface area (Å²) in [4.78, 5) is 2.56. The average Bonchev–Trinajstić information content (AvgIpc) is 3.56. The molecule has 1 fully saturated rings. The van der Waals surface area contributed by atoms with Gasteiger partial charge in [-0.05, 0) is 73.3 Å². The molecule has 1 atom stereocenters. The summed E-state index contributed by atoms with van der Waals surface area (Å²) in [5.74, 6) is 1.09. The summed E-state index contributed by atoms with van der Waals surface area (Å²) in [6, 6.07) is 19.2. The standard InChI is InChI=1S/C30H29ClFIN4O2S/c1-38-18-23-6-3-12-37(23)13-11-19-7-9-24-27(15-19)40-30-28(24)29(35-33-36-30)34-22-8-10-26(25(31)16-22)39-17-20-4-2-5-21(32)14-20/h2,4-5,7-10,14-16,23H,3,6,11-13,17-18H2,1H3,(H,34,35,36)/t23-/m1/s1. The van der Waals surface area contributed by atoms with E-state index in [1.165, 1.54) is 40.6 Å². The first-order chi connectivity index (χ1) is 19.6. The molecule has 0 unspecified atom stereocenters. The highest BCUT2D eigenvalue weighted by Crippen LogP contribution is 2.43. The molecule has 0 bridgehead atoms. The first-order valence-electron chi connectivity index (χ1n) is 13.2. The quantitative estimate of drug-likeness (QED) is 0.179. The fraction of sp³-hybridized carbons (Fsp3) is 0.300. The van der Waals surface area contributed by atoms with Crippen LogP contribution in [0, 0.1) is 5.82 Å². The van der Waals surface area contributed by atoms with Gasteiger partial charge in [0.15, 0.2) is 0 Å². The van der Waals surface area contributed by atoms with Crippen LogP contribution in [0.1, 0.15) is 29.5 Å². The first-order valence-corrected chi connectivity index (χ1v) is 16.3. The Hall–Kier alpha value is -2.44. The van der Waals surface area contributed by atoms with Gasteiger partial charge in [0.05, 0.1) is 17.2 Å². The monoisotopic (exact) mass is 690 g/mol. The summed E-state index contributed by atoms with van der Waals surface area (Å²) < 4.78 is 35.5. The van der Waals surface area contributed by atoms with Gasteiger partial charge in [0.2, 0.25) is 0 Å². The Bertz CT molecular complexity index is 1590. The summed E-state index contributed by atoms with van der Waals surface area (Å²) in [5.41, 5.74) is 3.97. The molecule has 0 aliphatic carbocycles. The Morgan fingerprint density at radius 2 is 2.08 bits per heavy atom. The molecular weight excluding hydrogens is 662 g/mol. The van der Waals surface area contributed by atoms with Crippen LogP contribution >= 0.6 is 44.2 Å². The average molecular weight is 691 g/mol. The zero-order chi connectivity index (χ0) is 27.5. The second-order valence-electron chi connectivity index (χ2n) is 9.93. The van der Waals surface area contributed by atoms with Crippen molar-refractivity contribution in [3.8, 4) is 5.75 Å². The Labute approximate surface area is 252 Å². The van der Waals surface area contributed by atoms with Gasteiger partial charge in [0, 0.05) is 35.5 Å². The lowest BCUT2D eigenvalue weighted by Crippen LogP contribution is -2.34. The predicted molar refractivity (Wildman–Crippen MR) is 170 cm³/mol. The third-order valence-corrected chi connectivity index (χ3v) is 10.3. The Morgan fingerprint density at radius 1 is 1.15 bits per heavy atom. The first kappa shape index (κ1) is 27.7. The molecule has 0 radical (unpaired) electrons. The Balaban J connectivity index is 1.15. The molecule has 208 valence electrons. The van der Waals surface area contributed by atoms with Crippen LogP contribution in [0.25, 0.3) is 10.1 Å². The van der Waals surface area contributed by atoms with Gasteiger partial charge in [-0.1, -0.05) is 35.9 Å². The molecule has 1 N–H and O–H groups in total. The molecule has 4 aromatic rings. The lowest BCUT2D eigenvalue weighted by atomic mass is 10.1. The van der Waals surface area contributed by atoms with E-state index < -0.39 is 21.3 Å². The second kappa shape index (κ2) is 12.6. The number of fused-ring (bicyclic) bond motifs is 3. The van der Waals surface area contributed by atoms with Gasteiger partial charge in [0.25, 0.3) is 0 Å². The molecule has 1 saturated heterocycles. The van der Waals surface area contributed by atoms with E-state index in [1.54, 1.807) is 24.5 Å². The molecule has 6 nitrogen and oxygen atoms in total. The van der Waals surface area contributed by atoms with E-state index in [4.69, 9.17) is 27.4 Å². The van der Waals surface area contributed by atoms with E-state index in [1.807, 2.05) is 24.3 Å². The van der Waals surface area contributed by atoms with Crippen molar-refractivity contribution in [2.45, 2.75) is 31.9 Å². The van der Waals surface area contributed by atoms with Crippen LogP contribution in [0.4, 0.5) is 15.1 Å². The lowest BCUT2D eigenvalue weighted by molar-refractivity contribution is 0.116. The van der Waals surface area contributed by atoms with Gasteiger partial charge in [0.1, 0.15) is 50.3 Å². The van der Waals surface area contributed by atoms with Crippen molar-refractivity contribution >= 4 is 70.9 Å². The molecule has 2 aliphatic heterocycles. The van der Waals surface area contributed by atoms with Crippen LogP contribution in [-0.4, -0.2) is 43.6 Å². The van der Waals surface area contributed by atoms with Crippen LogP contribution in [0.2, 0.25) is 5.02 Å². The molecule has 6 rings (SSSR count). The number of halogens is 3. The van der Waals surface area contributed by atoms with Gasteiger partial charge in [-0.2, -0.15) is 6.35 Å². The van der Waals surface area contributed by atoms with E-state index in [9.17, 15) is 4.39 Å². The fourth-order valence-electron chi connectivity index (χ4n) is 5.25. The van der Waals surface area contributed by atoms with Crippen LogP contribution in [0.3, 0.4) is 0 Å². The molecular formula is C30H29ClFIN4O2S. The SMILES string of the molecule is COC[C@H]1CCCN1CCc1ccc2c3c(sc2c1)N=IN=C3Nc1ccc(OCc2cccc(F)c2)c(Cl)c1. The largest absolute Gasteiger partial charge is 0.487 e. The van der Waals surface area contributed by atoms with Crippen molar-refractivity contribution < 1.29 is 13.9 Å². The molecule has 0 amide bonds. The van der Waals surface area contributed by atoms with Crippen molar-refractivity contribution in [1.29, 1.82) is 0 Å². The van der Waals surface area contributed by atoms with E-state index in [2.05, 4.69) is 28.4 Å². The number of methoxy groups -OCH3 is 1. The number of rotatable bonds is 9. The molecule has 10 heteroatoms. The van der Waals surface area contributed by atoms with Gasteiger partial charge in [-0.25, -0.2) is 4.39 Å². The Morgan fingerprint density at radius 3 is 2.92 bits per heavy atom. The summed E-state index contributed by atoms with van der Waals surface area (Å²) >= 11 is 7.60. The predicted octanol–water partition coefficient (Wildman–Crippen LogP) is 8.50. The van der Waals surface area contributed by atoms with Crippen molar-refractivity contribution in [2.75, 3.05) is 32.1 Å². The minimum absolute atomic E-state index is 0.237. The minimum Gasteiger partial charge on any atom is -0.487 e. The van der Waals surface area contributed by atoms with Gasteiger partial charge < -0.3 is 14.8 Å². The maximum absolute atomic E-state index is 13.5. The van der Waals surface area contributed by atoms with Gasteiger partial charge in [-0.3, -0.25) is 4.90 Å². The molecule has 3 aromatic carbocycles. The third-order valence-electron chi connectivity index (χ3n) is 7.23. The third kappa shape index (κ3) is 6.23. The van der Waals surface area contributed by atoms with E-state index in [-0.39, 0.29) is 12.4 Å². The molecule has 40 heavy (non-hydrogen) atoms. The number of anilines is 1. The number of likely N-dealkylation sites (tertiary alicyclic amines) is 1. The Kier molecular flexibility index (Phi) is 8.73. The summed E-state index contributed by atoms with van der Waals surface area (Å²) in [5, 5.41) is 6.16. The molecule has 0 spiro atoms. The molecule has 1 aromatic heterocycles. The maximum atomic E-state index is 13.5. The van der Waals surface area contributed by atoms with Crippen LogP contribution in [0.5, 0.6) is 5.75 Å². The van der Waals surface area contributed by atoms with Crippen molar-refractivity contribution in [3.63, 3.8) is 0 Å². The number of nitrogens with one attached hydrogen (secondary N) is 1. The zero-order valence-electron chi connectivity index (χ0n) is 22.0. The number of amidine groups is 1. The van der Waals surface area contributed by atoms with Gasteiger partial charge in [-0.15, -0.1) is 11.3 Å². The number of benzene rings is 3.